The van der Waals surface area contributed by atoms with Crippen LogP contribution in [0.5, 0.6) is 0 Å². The maximum atomic E-state index is 13.3. The normalized spacial score (nSPS) is 15.6. The summed E-state index contributed by atoms with van der Waals surface area (Å²) in [5, 5.41) is 0. The Kier molecular flexibility index (Phi) is 9.28. The maximum absolute atomic E-state index is 13.3. The summed E-state index contributed by atoms with van der Waals surface area (Å²) >= 11 is 0. The molecule has 2 aromatic rings. The zero-order chi connectivity index (χ0) is 22.8. The molecule has 1 aliphatic rings. The summed E-state index contributed by atoms with van der Waals surface area (Å²) in [7, 11) is 0. The molecule has 0 N–H and O–H groups in total. The van der Waals surface area contributed by atoms with E-state index in [-0.39, 0.29) is 36.8 Å². The van der Waals surface area contributed by atoms with Crippen molar-refractivity contribution in [1.29, 1.82) is 0 Å². The van der Waals surface area contributed by atoms with Crippen molar-refractivity contribution in [3.8, 4) is 0 Å². The second-order valence-corrected chi connectivity index (χ2v) is 8.32. The number of carbonyl (C=O) groups is 2. The largest absolute Gasteiger partial charge is 0.467 e. The van der Waals surface area contributed by atoms with Crippen molar-refractivity contribution >= 4 is 11.8 Å². The number of nitrogens with zero attached hydrogens (tertiary/aromatic N) is 2. The lowest BCUT2D eigenvalue weighted by Crippen LogP contribution is -2.45. The molecule has 1 fully saturated rings. The summed E-state index contributed by atoms with van der Waals surface area (Å²) in [4.78, 5) is 29.5. The van der Waals surface area contributed by atoms with Gasteiger partial charge in [0.2, 0.25) is 11.8 Å². The van der Waals surface area contributed by atoms with Gasteiger partial charge >= 0.3 is 0 Å². The number of furan rings is 1. The van der Waals surface area contributed by atoms with Crippen LogP contribution in [0.15, 0.2) is 47.1 Å². The van der Waals surface area contributed by atoms with Crippen molar-refractivity contribution in [2.45, 2.75) is 64.6 Å². The molecule has 1 aromatic carbocycles. The van der Waals surface area contributed by atoms with Gasteiger partial charge in [-0.2, -0.15) is 0 Å². The van der Waals surface area contributed by atoms with E-state index in [1.165, 1.54) is 12.1 Å². The first kappa shape index (κ1) is 24.0. The van der Waals surface area contributed by atoms with Gasteiger partial charge in [-0.3, -0.25) is 9.59 Å². The minimum Gasteiger partial charge on any atom is -0.467 e. The highest BCUT2D eigenvalue weighted by molar-refractivity contribution is 5.84. The van der Waals surface area contributed by atoms with Gasteiger partial charge in [-0.1, -0.05) is 31.9 Å². The standard InChI is InChI=1S/C25H33FN2O4/c1-2-3-4-9-24(29)28(18-23-8-6-15-32-23)19-25(30)27(17-22-7-5-14-31-22)16-20-10-12-21(26)13-11-20/h5,7,10-14,23H,2-4,6,8-9,15-19H2,1H3. The molecule has 1 aromatic heterocycles. The first-order valence-electron chi connectivity index (χ1n) is 11.5. The Balaban J connectivity index is 1.71. The number of hydrogen-bond donors (Lipinski definition) is 0. The first-order valence-corrected chi connectivity index (χ1v) is 11.5. The molecule has 6 nitrogen and oxygen atoms in total. The van der Waals surface area contributed by atoms with E-state index in [0.717, 1.165) is 37.7 Å². The highest BCUT2D eigenvalue weighted by Crippen LogP contribution is 2.17. The molecule has 0 bridgehead atoms. The van der Waals surface area contributed by atoms with Gasteiger partial charge in [0.05, 0.1) is 25.5 Å². The third-order valence-electron chi connectivity index (χ3n) is 5.69. The number of unbranched alkanes of at least 4 members (excludes halogenated alkanes) is 2. The summed E-state index contributed by atoms with van der Waals surface area (Å²) in [6.07, 6.45) is 6.70. The summed E-state index contributed by atoms with van der Waals surface area (Å²) in [6.45, 7) is 3.80. The SMILES string of the molecule is CCCCCC(=O)N(CC(=O)N(Cc1ccc(F)cc1)Cc1ccco1)CC1CCCO1. The number of amides is 2. The van der Waals surface area contributed by atoms with Crippen LogP contribution in [0.25, 0.3) is 0 Å². The van der Waals surface area contributed by atoms with Crippen LogP contribution in [0.3, 0.4) is 0 Å². The number of hydrogen-bond acceptors (Lipinski definition) is 4. The quantitative estimate of drug-likeness (QED) is 0.451. The second kappa shape index (κ2) is 12.4. The fraction of sp³-hybridized carbons (Fsp3) is 0.520. The molecular formula is C25H33FN2O4. The highest BCUT2D eigenvalue weighted by atomic mass is 19.1. The van der Waals surface area contributed by atoms with Crippen LogP contribution in [-0.4, -0.2) is 47.4 Å². The van der Waals surface area contributed by atoms with Crippen molar-refractivity contribution in [2.75, 3.05) is 19.7 Å². The molecule has 32 heavy (non-hydrogen) atoms. The van der Waals surface area contributed by atoms with Crippen LogP contribution in [0.4, 0.5) is 4.39 Å². The summed E-state index contributed by atoms with van der Waals surface area (Å²) in [5.74, 6) is 0.146. The fourth-order valence-electron chi connectivity index (χ4n) is 3.87. The number of benzene rings is 1. The number of halogens is 1. The average Bonchev–Trinajstić information content (AvgIpc) is 3.48. The van der Waals surface area contributed by atoms with E-state index >= 15 is 0 Å². The van der Waals surface area contributed by atoms with Crippen molar-refractivity contribution in [1.82, 2.24) is 9.80 Å². The van der Waals surface area contributed by atoms with Crippen LogP contribution in [0, 0.1) is 5.82 Å². The summed E-state index contributed by atoms with van der Waals surface area (Å²) in [6, 6.07) is 9.68. The Morgan fingerprint density at radius 1 is 1.06 bits per heavy atom. The lowest BCUT2D eigenvalue weighted by Gasteiger charge is -2.29. The predicted molar refractivity (Wildman–Crippen MR) is 119 cm³/mol. The molecule has 1 atom stereocenters. The molecule has 1 aliphatic heterocycles. The maximum Gasteiger partial charge on any atom is 0.242 e. The van der Waals surface area contributed by atoms with Crippen molar-refractivity contribution in [3.63, 3.8) is 0 Å². The Labute approximate surface area is 189 Å². The average molecular weight is 445 g/mol. The van der Waals surface area contributed by atoms with E-state index < -0.39 is 0 Å². The van der Waals surface area contributed by atoms with E-state index in [1.807, 2.05) is 6.07 Å². The lowest BCUT2D eigenvalue weighted by molar-refractivity contribution is -0.142. The van der Waals surface area contributed by atoms with E-state index in [4.69, 9.17) is 9.15 Å². The number of ether oxygens (including phenoxy) is 1. The van der Waals surface area contributed by atoms with Gasteiger partial charge in [0.25, 0.3) is 0 Å². The van der Waals surface area contributed by atoms with E-state index in [0.29, 0.717) is 31.9 Å². The molecule has 2 amide bonds. The molecule has 3 rings (SSSR count). The van der Waals surface area contributed by atoms with Gasteiger partial charge in [0.15, 0.2) is 0 Å². The highest BCUT2D eigenvalue weighted by Gasteiger charge is 2.26. The minimum absolute atomic E-state index is 0.00722. The first-order chi connectivity index (χ1) is 15.5. The Morgan fingerprint density at radius 2 is 1.88 bits per heavy atom. The Bertz CT molecular complexity index is 832. The molecular weight excluding hydrogens is 411 g/mol. The van der Waals surface area contributed by atoms with Gasteiger partial charge < -0.3 is 19.0 Å². The van der Waals surface area contributed by atoms with Crippen LogP contribution in [0.1, 0.15) is 56.8 Å². The van der Waals surface area contributed by atoms with Gasteiger partial charge in [-0.05, 0) is 49.1 Å². The zero-order valence-electron chi connectivity index (χ0n) is 18.8. The molecule has 0 aliphatic carbocycles. The van der Waals surface area contributed by atoms with Gasteiger partial charge in [-0.25, -0.2) is 4.39 Å². The summed E-state index contributed by atoms with van der Waals surface area (Å²) in [5.41, 5.74) is 0.811. The van der Waals surface area contributed by atoms with E-state index in [2.05, 4.69) is 6.92 Å². The number of carbonyl (C=O) groups excluding carboxylic acids is 2. The zero-order valence-corrected chi connectivity index (χ0v) is 18.8. The molecule has 0 radical (unpaired) electrons. The topological polar surface area (TPSA) is 63.0 Å². The van der Waals surface area contributed by atoms with Gasteiger partial charge in [0.1, 0.15) is 11.6 Å². The molecule has 1 unspecified atom stereocenters. The molecule has 0 spiro atoms. The Hall–Kier alpha value is -2.67. The fourth-order valence-corrected chi connectivity index (χ4v) is 3.87. The van der Waals surface area contributed by atoms with Crippen molar-refractivity contribution in [2.24, 2.45) is 0 Å². The van der Waals surface area contributed by atoms with E-state index in [9.17, 15) is 14.0 Å². The van der Waals surface area contributed by atoms with Crippen LogP contribution in [-0.2, 0) is 27.4 Å². The lowest BCUT2D eigenvalue weighted by atomic mass is 10.1. The monoisotopic (exact) mass is 444 g/mol. The van der Waals surface area contributed by atoms with Crippen LogP contribution >= 0.6 is 0 Å². The van der Waals surface area contributed by atoms with Crippen molar-refractivity contribution in [3.05, 3.63) is 59.8 Å². The molecule has 174 valence electrons. The third-order valence-corrected chi connectivity index (χ3v) is 5.69. The van der Waals surface area contributed by atoms with Crippen molar-refractivity contribution < 1.29 is 23.1 Å². The third kappa shape index (κ3) is 7.48. The van der Waals surface area contributed by atoms with E-state index in [1.54, 1.807) is 34.3 Å². The van der Waals surface area contributed by atoms with Gasteiger partial charge in [-0.15, -0.1) is 0 Å². The van der Waals surface area contributed by atoms with Crippen LogP contribution < -0.4 is 0 Å². The molecule has 7 heteroatoms. The summed E-state index contributed by atoms with van der Waals surface area (Å²) < 4.78 is 24.5. The molecule has 0 saturated carbocycles. The van der Waals surface area contributed by atoms with Crippen LogP contribution in [0.2, 0.25) is 0 Å². The molecule has 1 saturated heterocycles. The Morgan fingerprint density at radius 3 is 2.53 bits per heavy atom. The van der Waals surface area contributed by atoms with Gasteiger partial charge in [0, 0.05) is 26.1 Å². The number of rotatable bonds is 12. The smallest absolute Gasteiger partial charge is 0.242 e. The predicted octanol–water partition coefficient (Wildman–Crippen LogP) is 4.54. The molecule has 2 heterocycles. The minimum atomic E-state index is -0.321. The second-order valence-electron chi connectivity index (χ2n) is 8.32.